The van der Waals surface area contributed by atoms with Crippen LogP contribution in [0, 0.1) is 0 Å². The number of thioether (sulfide) groups is 1. The van der Waals surface area contributed by atoms with Gasteiger partial charge in [0.15, 0.2) is 5.16 Å². The number of methoxy groups -OCH3 is 2. The van der Waals surface area contributed by atoms with Crippen LogP contribution in [0.1, 0.15) is 5.56 Å². The molecular formula is C15H20N4O2S. The van der Waals surface area contributed by atoms with Gasteiger partial charge in [-0.15, -0.1) is 0 Å². The van der Waals surface area contributed by atoms with Gasteiger partial charge in [0.1, 0.15) is 17.3 Å². The maximum absolute atomic E-state index is 5.26. The highest BCUT2D eigenvalue weighted by molar-refractivity contribution is 7.98. The molecule has 0 aliphatic rings. The largest absolute Gasteiger partial charge is 0.497 e. The van der Waals surface area contributed by atoms with Crippen LogP contribution in [0.3, 0.4) is 0 Å². The zero-order valence-electron chi connectivity index (χ0n) is 13.1. The van der Waals surface area contributed by atoms with Crippen molar-refractivity contribution in [2.24, 2.45) is 0 Å². The molecule has 0 amide bonds. The molecule has 0 saturated heterocycles. The lowest BCUT2D eigenvalue weighted by molar-refractivity contribution is 0.394. The minimum Gasteiger partial charge on any atom is -0.497 e. The Balaban J connectivity index is 2.16. The van der Waals surface area contributed by atoms with E-state index in [0.717, 1.165) is 33.7 Å². The Bertz CT molecular complexity index is 615. The van der Waals surface area contributed by atoms with E-state index in [9.17, 15) is 0 Å². The lowest BCUT2D eigenvalue weighted by Crippen LogP contribution is -2.06. The molecule has 1 aromatic heterocycles. The van der Waals surface area contributed by atoms with E-state index < -0.39 is 0 Å². The summed E-state index contributed by atoms with van der Waals surface area (Å²) in [5, 5.41) is 7.18. The highest BCUT2D eigenvalue weighted by atomic mass is 32.2. The Hall–Kier alpha value is -2.15. The van der Waals surface area contributed by atoms with E-state index in [-0.39, 0.29) is 0 Å². The molecule has 2 aromatic rings. The van der Waals surface area contributed by atoms with Crippen molar-refractivity contribution in [3.8, 4) is 11.5 Å². The molecule has 2 N–H and O–H groups in total. The third-order valence-electron chi connectivity index (χ3n) is 3.10. The Morgan fingerprint density at radius 2 is 1.82 bits per heavy atom. The maximum Gasteiger partial charge on any atom is 0.189 e. The second-order valence-corrected chi connectivity index (χ2v) is 5.21. The first-order valence-electron chi connectivity index (χ1n) is 6.74. The number of ether oxygens (including phenoxy) is 2. The Morgan fingerprint density at radius 1 is 1.14 bits per heavy atom. The average Bonchev–Trinajstić information content (AvgIpc) is 2.59. The highest BCUT2D eigenvalue weighted by Crippen LogP contribution is 2.26. The van der Waals surface area contributed by atoms with Gasteiger partial charge in [-0.05, 0) is 6.26 Å². The van der Waals surface area contributed by atoms with Crippen molar-refractivity contribution < 1.29 is 9.47 Å². The van der Waals surface area contributed by atoms with Crippen LogP contribution in [-0.4, -0.2) is 37.5 Å². The van der Waals surface area contributed by atoms with Gasteiger partial charge < -0.3 is 20.1 Å². The molecule has 1 aromatic carbocycles. The van der Waals surface area contributed by atoms with Gasteiger partial charge in [0.05, 0.1) is 14.2 Å². The number of nitrogens with zero attached hydrogens (tertiary/aromatic N) is 2. The van der Waals surface area contributed by atoms with Crippen molar-refractivity contribution in [1.82, 2.24) is 9.97 Å². The van der Waals surface area contributed by atoms with Crippen LogP contribution >= 0.6 is 11.8 Å². The van der Waals surface area contributed by atoms with E-state index in [1.54, 1.807) is 14.2 Å². The minimum atomic E-state index is 0.598. The number of anilines is 2. The van der Waals surface area contributed by atoms with Crippen LogP contribution < -0.4 is 20.1 Å². The van der Waals surface area contributed by atoms with Gasteiger partial charge in [0, 0.05) is 49.2 Å². The lowest BCUT2D eigenvalue weighted by atomic mass is 10.2. The van der Waals surface area contributed by atoms with Crippen molar-refractivity contribution >= 4 is 23.3 Å². The summed E-state index contributed by atoms with van der Waals surface area (Å²) in [6, 6.07) is 5.66. The van der Waals surface area contributed by atoms with Crippen LogP contribution in [0.2, 0.25) is 0 Å². The van der Waals surface area contributed by atoms with Crippen LogP contribution in [-0.2, 0) is 6.54 Å². The third kappa shape index (κ3) is 3.94. The summed E-state index contributed by atoms with van der Waals surface area (Å²) in [7, 11) is 5.11. The van der Waals surface area contributed by atoms with Crippen LogP contribution in [0.25, 0.3) is 0 Å². The first-order valence-corrected chi connectivity index (χ1v) is 7.97. The van der Waals surface area contributed by atoms with Gasteiger partial charge in [-0.1, -0.05) is 11.8 Å². The standard InChI is InChI=1S/C15H20N4O2S/c1-16-14-10(9-18-15(19-14)22-4)8-17-11-5-12(20-2)7-13(6-11)21-3/h5-7,9,17H,8H2,1-4H3,(H,16,18,19). The number of hydrogen-bond donors (Lipinski definition) is 2. The van der Waals surface area contributed by atoms with Crippen molar-refractivity contribution in [3.05, 3.63) is 30.0 Å². The van der Waals surface area contributed by atoms with Crippen LogP contribution in [0.5, 0.6) is 11.5 Å². The number of aromatic nitrogens is 2. The summed E-state index contributed by atoms with van der Waals surface area (Å²) in [4.78, 5) is 8.75. The molecule has 0 fully saturated rings. The van der Waals surface area contributed by atoms with E-state index >= 15 is 0 Å². The summed E-state index contributed by atoms with van der Waals surface area (Å²) >= 11 is 1.52. The highest BCUT2D eigenvalue weighted by Gasteiger charge is 2.07. The van der Waals surface area contributed by atoms with Gasteiger partial charge in [-0.25, -0.2) is 9.97 Å². The normalized spacial score (nSPS) is 10.2. The maximum atomic E-state index is 5.26. The van der Waals surface area contributed by atoms with Gasteiger partial charge in [0.2, 0.25) is 0 Å². The molecule has 0 radical (unpaired) electrons. The predicted molar refractivity (Wildman–Crippen MR) is 90.2 cm³/mol. The first-order chi connectivity index (χ1) is 10.7. The lowest BCUT2D eigenvalue weighted by Gasteiger charge is -2.13. The van der Waals surface area contributed by atoms with Crippen LogP contribution in [0.15, 0.2) is 29.6 Å². The summed E-state index contributed by atoms with van der Waals surface area (Å²) in [6.45, 7) is 0.598. The molecule has 0 aliphatic heterocycles. The van der Waals surface area contributed by atoms with E-state index in [4.69, 9.17) is 9.47 Å². The van der Waals surface area contributed by atoms with E-state index in [1.807, 2.05) is 37.7 Å². The molecule has 7 heteroatoms. The Morgan fingerprint density at radius 3 is 2.36 bits per heavy atom. The first kappa shape index (κ1) is 16.2. The number of hydrogen-bond acceptors (Lipinski definition) is 7. The summed E-state index contributed by atoms with van der Waals surface area (Å²) in [6.07, 6.45) is 3.78. The number of nitrogens with one attached hydrogen (secondary N) is 2. The quantitative estimate of drug-likeness (QED) is 0.600. The molecule has 22 heavy (non-hydrogen) atoms. The molecular weight excluding hydrogens is 300 g/mol. The Labute approximate surface area is 134 Å². The van der Waals surface area contributed by atoms with Crippen molar-refractivity contribution in [2.75, 3.05) is 38.2 Å². The molecule has 6 nitrogen and oxygen atoms in total. The van der Waals surface area contributed by atoms with Crippen molar-refractivity contribution in [2.45, 2.75) is 11.7 Å². The zero-order chi connectivity index (χ0) is 15.9. The predicted octanol–water partition coefficient (Wildman–Crippen LogP) is 2.87. The second-order valence-electron chi connectivity index (χ2n) is 4.44. The molecule has 1 heterocycles. The van der Waals surface area contributed by atoms with E-state index in [0.29, 0.717) is 6.54 Å². The van der Waals surface area contributed by atoms with Gasteiger partial charge in [-0.2, -0.15) is 0 Å². The smallest absolute Gasteiger partial charge is 0.189 e. The zero-order valence-corrected chi connectivity index (χ0v) is 14.0. The fourth-order valence-electron chi connectivity index (χ4n) is 1.94. The van der Waals surface area contributed by atoms with Crippen LogP contribution in [0.4, 0.5) is 11.5 Å². The molecule has 118 valence electrons. The molecule has 0 spiro atoms. The summed E-state index contributed by atoms with van der Waals surface area (Å²) < 4.78 is 10.5. The molecule has 0 aliphatic carbocycles. The van der Waals surface area contributed by atoms with Crippen molar-refractivity contribution in [3.63, 3.8) is 0 Å². The monoisotopic (exact) mass is 320 g/mol. The molecule has 0 saturated carbocycles. The third-order valence-corrected chi connectivity index (χ3v) is 3.66. The minimum absolute atomic E-state index is 0.598. The SMILES string of the molecule is CNc1nc(SC)ncc1CNc1cc(OC)cc(OC)c1. The van der Waals surface area contributed by atoms with Gasteiger partial charge in [0.25, 0.3) is 0 Å². The topological polar surface area (TPSA) is 68.3 Å². The molecule has 0 bridgehead atoms. The molecule has 0 atom stereocenters. The molecule has 0 unspecified atom stereocenters. The number of rotatable bonds is 7. The van der Waals surface area contributed by atoms with Crippen molar-refractivity contribution in [1.29, 1.82) is 0 Å². The summed E-state index contributed by atoms with van der Waals surface area (Å²) in [5.74, 6) is 2.30. The fourth-order valence-corrected chi connectivity index (χ4v) is 2.28. The van der Waals surface area contributed by atoms with Gasteiger partial charge >= 0.3 is 0 Å². The van der Waals surface area contributed by atoms with E-state index in [2.05, 4.69) is 20.6 Å². The van der Waals surface area contributed by atoms with E-state index in [1.165, 1.54) is 11.8 Å². The fraction of sp³-hybridized carbons (Fsp3) is 0.333. The second kappa shape index (κ2) is 7.74. The summed E-state index contributed by atoms with van der Waals surface area (Å²) in [5.41, 5.74) is 1.90. The average molecular weight is 320 g/mol. The number of benzene rings is 1. The Kier molecular flexibility index (Phi) is 5.71. The van der Waals surface area contributed by atoms with Gasteiger partial charge in [-0.3, -0.25) is 0 Å². The molecule has 2 rings (SSSR count).